The van der Waals surface area contributed by atoms with Crippen LogP contribution in [0.2, 0.25) is 0 Å². The highest BCUT2D eigenvalue weighted by molar-refractivity contribution is 7.99. The maximum Gasteiger partial charge on any atom is 0.187 e. The van der Waals surface area contributed by atoms with Crippen LogP contribution in [-0.2, 0) is 0 Å². The van der Waals surface area contributed by atoms with Crippen LogP contribution in [0.3, 0.4) is 0 Å². The molecule has 0 saturated heterocycles. The van der Waals surface area contributed by atoms with Crippen LogP contribution in [-0.4, -0.2) is 21.8 Å². The number of nitrogens with zero attached hydrogens (tertiary/aromatic N) is 2. The number of thioether (sulfide) groups is 1. The van der Waals surface area contributed by atoms with E-state index in [-0.39, 0.29) is 6.04 Å². The van der Waals surface area contributed by atoms with E-state index in [1.807, 2.05) is 6.07 Å². The zero-order valence-corrected chi connectivity index (χ0v) is 7.92. The molecule has 4 heteroatoms. The molecule has 1 aromatic heterocycles. The molecule has 1 rings (SSSR count). The highest BCUT2D eigenvalue weighted by Crippen LogP contribution is 2.12. The third-order valence-electron chi connectivity index (χ3n) is 1.49. The molecule has 66 valence electrons. The van der Waals surface area contributed by atoms with E-state index in [0.717, 1.165) is 17.3 Å². The van der Waals surface area contributed by atoms with Crippen LogP contribution in [0.4, 0.5) is 0 Å². The summed E-state index contributed by atoms with van der Waals surface area (Å²) >= 11 is 1.61. The molecule has 2 N–H and O–H groups in total. The summed E-state index contributed by atoms with van der Waals surface area (Å²) in [7, 11) is 0. The van der Waals surface area contributed by atoms with Gasteiger partial charge in [-0.05, 0) is 12.5 Å². The minimum absolute atomic E-state index is 0.249. The van der Waals surface area contributed by atoms with Gasteiger partial charge in [0.1, 0.15) is 0 Å². The van der Waals surface area contributed by atoms with Crippen molar-refractivity contribution < 1.29 is 0 Å². The average Bonchev–Trinajstić information content (AvgIpc) is 2.16. The summed E-state index contributed by atoms with van der Waals surface area (Å²) in [4.78, 5) is 8.16. The van der Waals surface area contributed by atoms with Gasteiger partial charge in [-0.3, -0.25) is 0 Å². The summed E-state index contributed by atoms with van der Waals surface area (Å²) in [6.45, 7) is 2.08. The minimum atomic E-state index is 0.249. The monoisotopic (exact) mass is 183 g/mol. The van der Waals surface area contributed by atoms with E-state index in [1.165, 1.54) is 0 Å². The van der Waals surface area contributed by atoms with Crippen molar-refractivity contribution in [3.63, 3.8) is 0 Å². The number of hydrogen-bond donors (Lipinski definition) is 1. The van der Waals surface area contributed by atoms with Gasteiger partial charge in [0.05, 0.1) is 0 Å². The molecular formula is C8H13N3S. The lowest BCUT2D eigenvalue weighted by molar-refractivity contribution is 0.723. The Balaban J connectivity index is 2.33. The number of hydrogen-bond acceptors (Lipinski definition) is 4. The maximum absolute atomic E-state index is 5.74. The quantitative estimate of drug-likeness (QED) is 0.565. The molecule has 0 saturated carbocycles. The van der Waals surface area contributed by atoms with Gasteiger partial charge >= 0.3 is 0 Å². The Morgan fingerprint density at radius 2 is 2.17 bits per heavy atom. The molecule has 1 heterocycles. The van der Waals surface area contributed by atoms with E-state index in [0.29, 0.717) is 0 Å². The summed E-state index contributed by atoms with van der Waals surface area (Å²) in [5.74, 6) is 0.889. The Morgan fingerprint density at radius 3 is 2.75 bits per heavy atom. The molecule has 0 aliphatic rings. The average molecular weight is 183 g/mol. The maximum atomic E-state index is 5.74. The van der Waals surface area contributed by atoms with Crippen molar-refractivity contribution in [2.75, 3.05) is 5.75 Å². The Labute approximate surface area is 76.8 Å². The second-order valence-corrected chi connectivity index (χ2v) is 3.50. The molecule has 0 aliphatic heterocycles. The summed E-state index contributed by atoms with van der Waals surface area (Å²) < 4.78 is 0. The standard InChI is InChI=1S/C8H13N3S/c1-2-7(9)6-12-8-10-4-3-5-11-8/h3-5,7H,2,6,9H2,1H3/t7-/m1/s1. The minimum Gasteiger partial charge on any atom is -0.327 e. The smallest absolute Gasteiger partial charge is 0.187 e. The summed E-state index contributed by atoms with van der Waals surface area (Å²) in [5, 5.41) is 0.807. The first-order chi connectivity index (χ1) is 5.83. The van der Waals surface area contributed by atoms with Gasteiger partial charge in [0.2, 0.25) is 0 Å². The number of rotatable bonds is 4. The van der Waals surface area contributed by atoms with Crippen LogP contribution in [0.25, 0.3) is 0 Å². The second-order valence-electron chi connectivity index (χ2n) is 2.51. The Morgan fingerprint density at radius 1 is 1.50 bits per heavy atom. The fourth-order valence-corrected chi connectivity index (χ4v) is 1.53. The van der Waals surface area contributed by atoms with E-state index in [2.05, 4.69) is 16.9 Å². The lowest BCUT2D eigenvalue weighted by Crippen LogP contribution is -2.21. The van der Waals surface area contributed by atoms with E-state index in [9.17, 15) is 0 Å². The molecule has 1 atom stereocenters. The van der Waals surface area contributed by atoms with Crippen LogP contribution in [0.5, 0.6) is 0 Å². The van der Waals surface area contributed by atoms with Gasteiger partial charge in [-0.25, -0.2) is 9.97 Å². The normalized spacial score (nSPS) is 12.8. The Kier molecular flexibility index (Phi) is 4.04. The third kappa shape index (κ3) is 3.19. The van der Waals surface area contributed by atoms with Crippen molar-refractivity contribution in [1.29, 1.82) is 0 Å². The van der Waals surface area contributed by atoms with Gasteiger partial charge in [0, 0.05) is 24.2 Å². The van der Waals surface area contributed by atoms with Crippen molar-refractivity contribution in [2.24, 2.45) is 5.73 Å². The molecule has 3 nitrogen and oxygen atoms in total. The highest BCUT2D eigenvalue weighted by atomic mass is 32.2. The predicted molar refractivity (Wildman–Crippen MR) is 51.0 cm³/mol. The van der Waals surface area contributed by atoms with Crippen LogP contribution in [0.15, 0.2) is 23.6 Å². The number of aromatic nitrogens is 2. The zero-order chi connectivity index (χ0) is 8.81. The Bertz CT molecular complexity index is 215. The first-order valence-corrected chi connectivity index (χ1v) is 4.97. The van der Waals surface area contributed by atoms with Gasteiger partial charge < -0.3 is 5.73 Å². The summed E-state index contributed by atoms with van der Waals surface area (Å²) in [6, 6.07) is 2.06. The Hall–Kier alpha value is -0.610. The molecule has 12 heavy (non-hydrogen) atoms. The molecule has 0 fully saturated rings. The lowest BCUT2D eigenvalue weighted by Gasteiger charge is -2.05. The van der Waals surface area contributed by atoms with Crippen molar-refractivity contribution >= 4 is 11.8 Å². The molecule has 1 aromatic rings. The largest absolute Gasteiger partial charge is 0.327 e. The van der Waals surface area contributed by atoms with E-state index >= 15 is 0 Å². The van der Waals surface area contributed by atoms with E-state index in [4.69, 9.17) is 5.73 Å². The fourth-order valence-electron chi connectivity index (χ4n) is 0.659. The third-order valence-corrected chi connectivity index (χ3v) is 2.56. The molecule has 0 aliphatic carbocycles. The van der Waals surface area contributed by atoms with E-state index in [1.54, 1.807) is 24.2 Å². The second kappa shape index (κ2) is 5.11. The predicted octanol–water partition coefficient (Wildman–Crippen LogP) is 1.31. The summed E-state index contributed by atoms with van der Waals surface area (Å²) in [6.07, 6.45) is 4.49. The first kappa shape index (κ1) is 9.48. The molecule has 0 unspecified atom stereocenters. The molecule has 0 bridgehead atoms. The number of nitrogens with two attached hydrogens (primary N) is 1. The van der Waals surface area contributed by atoms with Crippen LogP contribution in [0.1, 0.15) is 13.3 Å². The zero-order valence-electron chi connectivity index (χ0n) is 7.10. The molecular weight excluding hydrogens is 170 g/mol. The SMILES string of the molecule is CC[C@@H](N)CSc1ncccn1. The van der Waals surface area contributed by atoms with E-state index < -0.39 is 0 Å². The lowest BCUT2D eigenvalue weighted by atomic mass is 10.3. The van der Waals surface area contributed by atoms with Gasteiger partial charge in [0.25, 0.3) is 0 Å². The van der Waals surface area contributed by atoms with Crippen LogP contribution >= 0.6 is 11.8 Å². The van der Waals surface area contributed by atoms with Gasteiger partial charge in [0.15, 0.2) is 5.16 Å². The van der Waals surface area contributed by atoms with Gasteiger partial charge in [-0.2, -0.15) is 0 Å². The highest BCUT2D eigenvalue weighted by Gasteiger charge is 2.01. The molecule has 0 radical (unpaired) electrons. The van der Waals surface area contributed by atoms with Crippen molar-refractivity contribution in [3.05, 3.63) is 18.5 Å². The van der Waals surface area contributed by atoms with Crippen molar-refractivity contribution in [3.8, 4) is 0 Å². The van der Waals surface area contributed by atoms with Crippen LogP contribution < -0.4 is 5.73 Å². The molecule has 0 aromatic carbocycles. The first-order valence-electron chi connectivity index (χ1n) is 3.98. The van der Waals surface area contributed by atoms with Gasteiger partial charge in [-0.1, -0.05) is 18.7 Å². The summed E-state index contributed by atoms with van der Waals surface area (Å²) in [5.41, 5.74) is 5.74. The van der Waals surface area contributed by atoms with Crippen molar-refractivity contribution in [2.45, 2.75) is 24.5 Å². The fraction of sp³-hybridized carbons (Fsp3) is 0.500. The van der Waals surface area contributed by atoms with Crippen LogP contribution in [0, 0.1) is 0 Å². The topological polar surface area (TPSA) is 51.8 Å². The van der Waals surface area contributed by atoms with Gasteiger partial charge in [-0.15, -0.1) is 0 Å². The molecule has 0 spiro atoms. The molecule has 0 amide bonds. The van der Waals surface area contributed by atoms with Crippen molar-refractivity contribution in [1.82, 2.24) is 9.97 Å².